The molecule has 106 valence electrons. The summed E-state index contributed by atoms with van der Waals surface area (Å²) in [5.74, 6) is 0. The summed E-state index contributed by atoms with van der Waals surface area (Å²) in [5.41, 5.74) is 2.60. The molecule has 0 unspecified atom stereocenters. The third-order valence-electron chi connectivity index (χ3n) is 2.98. The van der Waals surface area contributed by atoms with Crippen LogP contribution < -0.4 is 4.72 Å². The molecule has 2 aromatic rings. The fourth-order valence-electron chi connectivity index (χ4n) is 2.00. The van der Waals surface area contributed by atoms with Crippen molar-refractivity contribution in [3.05, 3.63) is 64.2 Å². The molecule has 0 aliphatic rings. The van der Waals surface area contributed by atoms with Gasteiger partial charge in [0.25, 0.3) is 0 Å². The van der Waals surface area contributed by atoms with Gasteiger partial charge < -0.3 is 0 Å². The summed E-state index contributed by atoms with van der Waals surface area (Å²) in [4.78, 5) is 0.310. The summed E-state index contributed by atoms with van der Waals surface area (Å²) in [6.45, 7) is 3.94. The SMILES string of the molecule is Cc1ccc(S(=O)(=O)NCc2cccc(Cl)c2)c(C)c1. The average Bonchev–Trinajstić information content (AvgIpc) is 2.36. The molecular weight excluding hydrogens is 294 g/mol. The molecule has 2 aromatic carbocycles. The van der Waals surface area contributed by atoms with Gasteiger partial charge in [0.1, 0.15) is 0 Å². The zero-order chi connectivity index (χ0) is 14.8. The quantitative estimate of drug-likeness (QED) is 0.940. The van der Waals surface area contributed by atoms with Crippen LogP contribution in [0.25, 0.3) is 0 Å². The summed E-state index contributed by atoms with van der Waals surface area (Å²) < 4.78 is 27.1. The predicted molar refractivity (Wildman–Crippen MR) is 81.4 cm³/mol. The van der Waals surface area contributed by atoms with Gasteiger partial charge in [0, 0.05) is 11.6 Å². The van der Waals surface area contributed by atoms with Crippen molar-refractivity contribution in [3.63, 3.8) is 0 Å². The second-order valence-electron chi connectivity index (χ2n) is 4.72. The highest BCUT2D eigenvalue weighted by atomic mass is 35.5. The lowest BCUT2D eigenvalue weighted by Crippen LogP contribution is -2.24. The molecule has 0 saturated heterocycles. The molecule has 1 N–H and O–H groups in total. The van der Waals surface area contributed by atoms with Crippen molar-refractivity contribution in [3.8, 4) is 0 Å². The second-order valence-corrected chi connectivity index (χ2v) is 6.90. The molecule has 0 heterocycles. The Labute approximate surface area is 124 Å². The predicted octanol–water partition coefficient (Wildman–Crippen LogP) is 3.44. The minimum Gasteiger partial charge on any atom is -0.207 e. The number of sulfonamides is 1. The number of rotatable bonds is 4. The molecule has 20 heavy (non-hydrogen) atoms. The number of aryl methyl sites for hydroxylation is 2. The first kappa shape index (κ1) is 15.0. The summed E-state index contributed by atoms with van der Waals surface area (Å²) in [7, 11) is -3.51. The van der Waals surface area contributed by atoms with E-state index in [4.69, 9.17) is 11.6 Å². The fourth-order valence-corrected chi connectivity index (χ4v) is 3.46. The lowest BCUT2D eigenvalue weighted by molar-refractivity contribution is 0.580. The van der Waals surface area contributed by atoms with Gasteiger partial charge in [-0.3, -0.25) is 0 Å². The van der Waals surface area contributed by atoms with Crippen molar-refractivity contribution in [1.29, 1.82) is 0 Å². The minimum absolute atomic E-state index is 0.218. The molecule has 2 rings (SSSR count). The van der Waals surface area contributed by atoms with Gasteiger partial charge in [-0.15, -0.1) is 0 Å². The highest BCUT2D eigenvalue weighted by Crippen LogP contribution is 2.17. The van der Waals surface area contributed by atoms with Crippen LogP contribution >= 0.6 is 11.6 Å². The van der Waals surface area contributed by atoms with Gasteiger partial charge in [-0.25, -0.2) is 13.1 Å². The van der Waals surface area contributed by atoms with E-state index in [-0.39, 0.29) is 6.54 Å². The minimum atomic E-state index is -3.51. The zero-order valence-corrected chi connectivity index (χ0v) is 12.9. The van der Waals surface area contributed by atoms with Crippen LogP contribution in [0.4, 0.5) is 0 Å². The molecule has 0 saturated carbocycles. The van der Waals surface area contributed by atoms with Crippen LogP contribution in [-0.4, -0.2) is 8.42 Å². The topological polar surface area (TPSA) is 46.2 Å². The van der Waals surface area contributed by atoms with E-state index in [0.717, 1.165) is 16.7 Å². The van der Waals surface area contributed by atoms with Crippen molar-refractivity contribution < 1.29 is 8.42 Å². The molecule has 0 spiro atoms. The summed E-state index contributed by atoms with van der Waals surface area (Å²) in [6, 6.07) is 12.4. The molecule has 0 atom stereocenters. The van der Waals surface area contributed by atoms with Crippen LogP contribution in [0.3, 0.4) is 0 Å². The first-order chi connectivity index (χ1) is 9.38. The third kappa shape index (κ3) is 3.60. The van der Waals surface area contributed by atoms with E-state index in [2.05, 4.69) is 4.72 Å². The highest BCUT2D eigenvalue weighted by molar-refractivity contribution is 7.89. The Morgan fingerprint density at radius 3 is 2.50 bits per heavy atom. The van der Waals surface area contributed by atoms with Crippen LogP contribution in [0.2, 0.25) is 5.02 Å². The van der Waals surface area contributed by atoms with Gasteiger partial charge in [-0.05, 0) is 43.2 Å². The van der Waals surface area contributed by atoms with Gasteiger partial charge >= 0.3 is 0 Å². The molecule has 3 nitrogen and oxygen atoms in total. The summed E-state index contributed by atoms with van der Waals surface area (Å²) >= 11 is 5.88. The van der Waals surface area contributed by atoms with Crippen molar-refractivity contribution in [2.24, 2.45) is 0 Å². The molecular formula is C15H16ClNO2S. The van der Waals surface area contributed by atoms with Gasteiger partial charge in [0.2, 0.25) is 10.0 Å². The maximum absolute atomic E-state index is 12.3. The van der Waals surface area contributed by atoms with Crippen LogP contribution in [0.1, 0.15) is 16.7 Å². The van der Waals surface area contributed by atoms with E-state index in [1.165, 1.54) is 0 Å². The lowest BCUT2D eigenvalue weighted by Gasteiger charge is -2.10. The summed E-state index contributed by atoms with van der Waals surface area (Å²) in [6.07, 6.45) is 0. The molecule has 0 radical (unpaired) electrons. The van der Waals surface area contributed by atoms with E-state index in [1.807, 2.05) is 19.1 Å². The van der Waals surface area contributed by atoms with Gasteiger partial charge in [-0.1, -0.05) is 41.4 Å². The lowest BCUT2D eigenvalue weighted by atomic mass is 10.2. The van der Waals surface area contributed by atoms with Crippen LogP contribution in [0, 0.1) is 13.8 Å². The van der Waals surface area contributed by atoms with E-state index in [9.17, 15) is 8.42 Å². The van der Waals surface area contributed by atoms with E-state index < -0.39 is 10.0 Å². The molecule has 0 aliphatic carbocycles. The number of hydrogen-bond donors (Lipinski definition) is 1. The summed E-state index contributed by atoms with van der Waals surface area (Å²) in [5, 5.41) is 0.591. The van der Waals surface area contributed by atoms with Crippen LogP contribution in [0.15, 0.2) is 47.4 Å². The zero-order valence-electron chi connectivity index (χ0n) is 11.4. The largest absolute Gasteiger partial charge is 0.241 e. The van der Waals surface area contributed by atoms with Gasteiger partial charge in [0.05, 0.1) is 4.90 Å². The van der Waals surface area contributed by atoms with Crippen LogP contribution in [0.5, 0.6) is 0 Å². The van der Waals surface area contributed by atoms with Gasteiger partial charge in [-0.2, -0.15) is 0 Å². The molecule has 0 aliphatic heterocycles. The number of benzene rings is 2. The number of hydrogen-bond acceptors (Lipinski definition) is 2. The van der Waals surface area contributed by atoms with Crippen molar-refractivity contribution >= 4 is 21.6 Å². The van der Waals surface area contributed by atoms with E-state index in [1.54, 1.807) is 37.3 Å². The molecule has 0 fully saturated rings. The molecule has 0 bridgehead atoms. The Bertz CT molecular complexity index is 726. The number of halogens is 1. The first-order valence-corrected chi connectivity index (χ1v) is 8.06. The highest BCUT2D eigenvalue weighted by Gasteiger charge is 2.16. The Balaban J connectivity index is 2.19. The number of nitrogens with one attached hydrogen (secondary N) is 1. The van der Waals surface area contributed by atoms with Crippen molar-refractivity contribution in [1.82, 2.24) is 4.72 Å². The standard InChI is InChI=1S/C15H16ClNO2S/c1-11-6-7-15(12(2)8-11)20(18,19)17-10-13-4-3-5-14(16)9-13/h3-9,17H,10H2,1-2H3. The van der Waals surface area contributed by atoms with E-state index in [0.29, 0.717) is 9.92 Å². The Morgan fingerprint density at radius 1 is 1.10 bits per heavy atom. The monoisotopic (exact) mass is 309 g/mol. The molecule has 0 amide bonds. The molecule has 0 aromatic heterocycles. The molecule has 5 heteroatoms. The Morgan fingerprint density at radius 2 is 1.85 bits per heavy atom. The first-order valence-electron chi connectivity index (χ1n) is 6.20. The maximum atomic E-state index is 12.3. The normalized spacial score (nSPS) is 11.6. The van der Waals surface area contributed by atoms with Gasteiger partial charge in [0.15, 0.2) is 0 Å². The Hall–Kier alpha value is -1.36. The fraction of sp³-hybridized carbons (Fsp3) is 0.200. The third-order valence-corrected chi connectivity index (χ3v) is 4.77. The Kier molecular flexibility index (Phi) is 4.48. The smallest absolute Gasteiger partial charge is 0.207 e. The van der Waals surface area contributed by atoms with Crippen molar-refractivity contribution in [2.45, 2.75) is 25.3 Å². The second kappa shape index (κ2) is 5.95. The van der Waals surface area contributed by atoms with Crippen LogP contribution in [-0.2, 0) is 16.6 Å². The maximum Gasteiger partial charge on any atom is 0.241 e. The average molecular weight is 310 g/mol. The van der Waals surface area contributed by atoms with E-state index >= 15 is 0 Å². The van der Waals surface area contributed by atoms with Crippen molar-refractivity contribution in [2.75, 3.05) is 0 Å².